The van der Waals surface area contributed by atoms with Crippen molar-refractivity contribution in [3.63, 3.8) is 0 Å². The molecule has 1 aromatic carbocycles. The maximum absolute atomic E-state index is 15.4. The molecule has 1 atom stereocenters. The molecule has 3 aromatic rings. The summed E-state index contributed by atoms with van der Waals surface area (Å²) >= 11 is 0. The van der Waals surface area contributed by atoms with Crippen LogP contribution in [0.1, 0.15) is 75.6 Å². The summed E-state index contributed by atoms with van der Waals surface area (Å²) in [6.07, 6.45) is -16.6. The van der Waals surface area contributed by atoms with E-state index >= 15 is 8.78 Å². The Balaban J connectivity index is 1.96. The fourth-order valence-corrected chi connectivity index (χ4v) is 4.60. The minimum Gasteiger partial charge on any atom is -0.444 e. The number of ether oxygens (including phenoxy) is 2. The molecule has 0 radical (unpaired) electrons. The second kappa shape index (κ2) is 12.6. The first-order valence-corrected chi connectivity index (χ1v) is 13.8. The van der Waals surface area contributed by atoms with Gasteiger partial charge in [0.15, 0.2) is 5.69 Å². The predicted octanol–water partition coefficient (Wildman–Crippen LogP) is 8.10. The van der Waals surface area contributed by atoms with E-state index in [0.29, 0.717) is 5.56 Å². The van der Waals surface area contributed by atoms with Gasteiger partial charge in [0.2, 0.25) is 5.60 Å². The van der Waals surface area contributed by atoms with E-state index in [4.69, 9.17) is 13.9 Å². The molecule has 0 spiro atoms. The number of amides is 1. The highest BCUT2D eigenvalue weighted by Gasteiger charge is 2.61. The van der Waals surface area contributed by atoms with Crippen LogP contribution in [0.15, 0.2) is 40.8 Å². The number of pyridine rings is 1. The Morgan fingerprint density at radius 2 is 1.67 bits per heavy atom. The van der Waals surface area contributed by atoms with Crippen LogP contribution in [0.5, 0.6) is 0 Å². The van der Waals surface area contributed by atoms with Crippen LogP contribution in [-0.2, 0) is 38.6 Å². The molecule has 17 heteroatoms. The van der Waals surface area contributed by atoms with E-state index in [1.165, 1.54) is 32.9 Å². The van der Waals surface area contributed by atoms with Gasteiger partial charge in [-0.25, -0.2) is 9.78 Å². The highest BCUT2D eigenvalue weighted by Crippen LogP contribution is 2.48. The molecule has 0 aliphatic carbocycles. The van der Waals surface area contributed by atoms with E-state index in [0.717, 1.165) is 0 Å². The quantitative estimate of drug-likeness (QED) is 0.278. The first-order chi connectivity index (χ1) is 21.2. The molecule has 250 valence electrons. The molecule has 1 amide bonds. The minimum atomic E-state index is -5.46. The number of hydrogen-bond donors (Lipinski definition) is 1. The summed E-state index contributed by atoms with van der Waals surface area (Å²) in [5, 5.41) is 8.91. The number of aromatic nitrogens is 3. The average molecular weight is 665 g/mol. The summed E-state index contributed by atoms with van der Waals surface area (Å²) < 4.78 is 134. The van der Waals surface area contributed by atoms with Gasteiger partial charge in [-0.15, -0.1) is 10.2 Å². The fourth-order valence-electron chi connectivity index (χ4n) is 4.60. The predicted molar refractivity (Wildman–Crippen MR) is 143 cm³/mol. The maximum atomic E-state index is 15.4. The van der Waals surface area contributed by atoms with Crippen LogP contribution in [0.2, 0.25) is 0 Å². The molecule has 1 aliphatic heterocycles. The largest absolute Gasteiger partial charge is 0.444 e. The van der Waals surface area contributed by atoms with Crippen molar-refractivity contribution in [2.45, 2.75) is 89.0 Å². The van der Waals surface area contributed by atoms with Gasteiger partial charge in [-0.05, 0) is 45.2 Å². The zero-order valence-electron chi connectivity index (χ0n) is 24.6. The van der Waals surface area contributed by atoms with Gasteiger partial charge in [-0.2, -0.15) is 35.1 Å². The summed E-state index contributed by atoms with van der Waals surface area (Å²) in [4.78, 5) is 28.5. The van der Waals surface area contributed by atoms with Crippen molar-refractivity contribution in [2.75, 3.05) is 5.32 Å². The highest BCUT2D eigenvalue weighted by molar-refractivity contribution is 5.89. The van der Waals surface area contributed by atoms with Crippen molar-refractivity contribution in [2.24, 2.45) is 0 Å². The molecule has 3 heterocycles. The molecule has 0 saturated carbocycles. The minimum absolute atomic E-state index is 0.107. The van der Waals surface area contributed by atoms with Gasteiger partial charge < -0.3 is 13.9 Å². The van der Waals surface area contributed by atoms with E-state index in [-0.39, 0.29) is 6.07 Å². The normalized spacial score (nSPS) is 19.3. The third kappa shape index (κ3) is 7.79. The zero-order chi connectivity index (χ0) is 34.1. The number of carbonyl (C=O) groups excluding carboxylic acids is 2. The number of rotatable bonds is 4. The highest BCUT2D eigenvalue weighted by atomic mass is 19.4. The summed E-state index contributed by atoms with van der Waals surface area (Å²) in [6, 6.07) is 7.81. The standard InChI is InChI=1S/C29H28F8N4O5/c1-25(2,3)46-24(43)38-19-14-18(28(32,33)34)21-27(30,31)13-11-17(42)10-7-12-26(29(35,36)37,44-15-16-8-5-4-6-9-16)23-41-40-22(45-23)20(19)39-21/h4-6,8-9,14H,7,10-13,15H2,1-3H3,(H,38,43)/t26-/m1/s1. The fraction of sp³-hybridized carbons (Fsp3) is 0.483. The van der Waals surface area contributed by atoms with Crippen molar-refractivity contribution in [3.05, 3.63) is 59.1 Å². The Bertz CT molecular complexity index is 1570. The zero-order valence-corrected chi connectivity index (χ0v) is 24.6. The molecular weight excluding hydrogens is 636 g/mol. The van der Waals surface area contributed by atoms with Crippen LogP contribution in [-0.4, -0.2) is 38.8 Å². The molecule has 0 fully saturated rings. The summed E-state index contributed by atoms with van der Waals surface area (Å²) in [5.74, 6) is -7.55. The maximum Gasteiger partial charge on any atom is 0.426 e. The van der Waals surface area contributed by atoms with Gasteiger partial charge in [0.25, 0.3) is 17.7 Å². The van der Waals surface area contributed by atoms with Crippen LogP contribution in [0.3, 0.4) is 0 Å². The number of nitrogens with zero attached hydrogens (tertiary/aromatic N) is 3. The van der Waals surface area contributed by atoms with Crippen LogP contribution in [0.25, 0.3) is 11.6 Å². The van der Waals surface area contributed by atoms with Gasteiger partial charge in [-0.3, -0.25) is 10.1 Å². The van der Waals surface area contributed by atoms with E-state index in [1.807, 2.05) is 5.32 Å². The lowest BCUT2D eigenvalue weighted by molar-refractivity contribution is -0.300. The van der Waals surface area contributed by atoms with Gasteiger partial charge in [0.05, 0.1) is 17.9 Å². The Hall–Kier alpha value is -4.15. The lowest BCUT2D eigenvalue weighted by atomic mass is 9.93. The topological polar surface area (TPSA) is 116 Å². The number of hydrogen-bond acceptors (Lipinski definition) is 8. The van der Waals surface area contributed by atoms with Crippen LogP contribution >= 0.6 is 0 Å². The summed E-state index contributed by atoms with van der Waals surface area (Å²) in [5.41, 5.74) is -9.97. The number of anilines is 1. The van der Waals surface area contributed by atoms with E-state index in [2.05, 4.69) is 15.2 Å². The molecule has 1 aliphatic rings. The molecule has 9 nitrogen and oxygen atoms in total. The summed E-state index contributed by atoms with van der Waals surface area (Å²) in [6.45, 7) is 3.67. The lowest BCUT2D eigenvalue weighted by Gasteiger charge is -2.32. The number of alkyl halides is 8. The number of carbonyl (C=O) groups is 2. The number of benzene rings is 1. The van der Waals surface area contributed by atoms with Gasteiger partial charge in [0, 0.05) is 19.3 Å². The first-order valence-electron chi connectivity index (χ1n) is 13.8. The molecular formula is C29H28F8N4O5. The van der Waals surface area contributed by atoms with Gasteiger partial charge >= 0.3 is 18.4 Å². The SMILES string of the molecule is CC(C)(C)OC(=O)Nc1cc(C(F)(F)F)c2nc1-c1nnc(o1)[C@@](OCc1ccccc1)(C(F)(F)F)CCCC(=O)CCC2(F)F. The molecule has 1 N–H and O–H groups in total. The number of fused-ring (bicyclic) bond motifs is 5. The van der Waals surface area contributed by atoms with Crippen LogP contribution in [0, 0.1) is 0 Å². The van der Waals surface area contributed by atoms with Crippen LogP contribution < -0.4 is 5.32 Å². The third-order valence-corrected chi connectivity index (χ3v) is 6.77. The molecule has 0 saturated heterocycles. The molecule has 4 rings (SSSR count). The van der Waals surface area contributed by atoms with Crippen molar-refractivity contribution in [1.29, 1.82) is 0 Å². The van der Waals surface area contributed by atoms with E-state index in [1.54, 1.807) is 18.2 Å². The smallest absolute Gasteiger partial charge is 0.426 e. The molecule has 0 unspecified atom stereocenters. The van der Waals surface area contributed by atoms with Crippen molar-refractivity contribution in [1.82, 2.24) is 15.2 Å². The number of Topliss-reactive ketones (excluding diaryl/α,β-unsaturated/α-hetero) is 1. The van der Waals surface area contributed by atoms with Crippen molar-refractivity contribution < 1.29 is 58.6 Å². The van der Waals surface area contributed by atoms with Crippen LogP contribution in [0.4, 0.5) is 45.6 Å². The Labute approximate surface area is 256 Å². The van der Waals surface area contributed by atoms with Crippen molar-refractivity contribution in [3.8, 4) is 11.6 Å². The van der Waals surface area contributed by atoms with Gasteiger partial charge in [0.1, 0.15) is 17.1 Å². The number of halogens is 8. The number of nitrogens with one attached hydrogen (secondary N) is 1. The Kier molecular flexibility index (Phi) is 9.48. The number of ketones is 1. The Morgan fingerprint density at radius 1 is 1.00 bits per heavy atom. The average Bonchev–Trinajstić information content (AvgIpc) is 3.42. The molecule has 46 heavy (non-hydrogen) atoms. The second-order valence-electron chi connectivity index (χ2n) is 11.5. The Morgan fingerprint density at radius 3 is 2.28 bits per heavy atom. The van der Waals surface area contributed by atoms with Crippen molar-refractivity contribution >= 4 is 17.6 Å². The summed E-state index contributed by atoms with van der Waals surface area (Å²) in [7, 11) is 0. The lowest BCUT2D eigenvalue weighted by Crippen LogP contribution is -2.45. The van der Waals surface area contributed by atoms with E-state index < -0.39 is 114 Å². The third-order valence-electron chi connectivity index (χ3n) is 6.77. The monoisotopic (exact) mass is 664 g/mol. The molecule has 2 aromatic heterocycles. The first kappa shape index (κ1) is 34.7. The van der Waals surface area contributed by atoms with Gasteiger partial charge in [-0.1, -0.05) is 30.3 Å². The van der Waals surface area contributed by atoms with E-state index in [9.17, 15) is 35.9 Å². The second-order valence-corrected chi connectivity index (χ2v) is 11.5. The molecule has 4 bridgehead atoms.